The van der Waals surface area contributed by atoms with E-state index in [0.717, 1.165) is 15.7 Å². The number of carbonyl (C=O) groups is 1. The fourth-order valence-electron chi connectivity index (χ4n) is 1.92. The molecule has 1 heterocycles. The monoisotopic (exact) mass is 327 g/mol. The van der Waals surface area contributed by atoms with Crippen LogP contribution >= 0.6 is 27.5 Å². The van der Waals surface area contributed by atoms with E-state index in [0.29, 0.717) is 11.6 Å². The number of carboxylic acid groups (broad SMARTS) is 1. The molecule has 0 radical (unpaired) electrons. The van der Waals surface area contributed by atoms with E-state index in [1.165, 1.54) is 0 Å². The first-order valence-corrected chi connectivity index (χ1v) is 6.60. The van der Waals surface area contributed by atoms with E-state index >= 15 is 0 Å². The Balaban J connectivity index is 2.64. The van der Waals surface area contributed by atoms with Crippen LogP contribution in [0.4, 0.5) is 0 Å². The molecule has 0 spiro atoms. The smallest absolute Gasteiger partial charge is 0.352 e. The minimum atomic E-state index is -0.929. The van der Waals surface area contributed by atoms with E-state index < -0.39 is 5.97 Å². The molecule has 0 atom stereocenters. The van der Waals surface area contributed by atoms with Gasteiger partial charge in [-0.25, -0.2) is 4.79 Å². The molecule has 1 aromatic heterocycles. The van der Waals surface area contributed by atoms with Crippen molar-refractivity contribution in [2.24, 2.45) is 0 Å². The van der Waals surface area contributed by atoms with E-state index in [-0.39, 0.29) is 5.69 Å². The summed E-state index contributed by atoms with van der Waals surface area (Å²) in [7, 11) is 0. The van der Waals surface area contributed by atoms with Gasteiger partial charge in [-0.1, -0.05) is 27.5 Å². The average molecular weight is 329 g/mol. The van der Waals surface area contributed by atoms with E-state index in [4.69, 9.17) is 16.7 Å². The lowest BCUT2D eigenvalue weighted by Gasteiger charge is -2.11. The molecule has 0 saturated heterocycles. The molecule has 0 amide bonds. The van der Waals surface area contributed by atoms with Crippen molar-refractivity contribution in [3.05, 3.63) is 45.5 Å². The van der Waals surface area contributed by atoms with E-state index in [9.17, 15) is 4.79 Å². The van der Waals surface area contributed by atoms with Crippen LogP contribution in [0.2, 0.25) is 5.02 Å². The number of nitrogens with zero attached hydrogens (tertiary/aromatic N) is 1. The summed E-state index contributed by atoms with van der Waals surface area (Å²) in [6.45, 7) is 2.50. The Hall–Kier alpha value is -1.26. The Morgan fingerprint density at radius 3 is 2.72 bits per heavy atom. The Morgan fingerprint density at radius 1 is 1.39 bits per heavy atom. The van der Waals surface area contributed by atoms with Gasteiger partial charge >= 0.3 is 5.97 Å². The van der Waals surface area contributed by atoms with Crippen LogP contribution in [0.5, 0.6) is 0 Å². The van der Waals surface area contributed by atoms with Gasteiger partial charge in [-0.2, -0.15) is 0 Å². The fraction of sp³-hybridized carbons (Fsp3) is 0.154. The van der Waals surface area contributed by atoms with Gasteiger partial charge in [0.1, 0.15) is 5.69 Å². The van der Waals surface area contributed by atoms with Crippen LogP contribution in [-0.4, -0.2) is 15.6 Å². The van der Waals surface area contributed by atoms with Crippen molar-refractivity contribution < 1.29 is 9.90 Å². The highest BCUT2D eigenvalue weighted by molar-refractivity contribution is 9.10. The summed E-state index contributed by atoms with van der Waals surface area (Å²) in [6, 6.07) is 8.86. The number of hydrogen-bond donors (Lipinski definition) is 1. The number of rotatable bonds is 3. The summed E-state index contributed by atoms with van der Waals surface area (Å²) in [5.41, 5.74) is 2.00. The standard InChI is InChI=1S/C13H11BrClNO2/c1-2-16-11(5-6-12(16)13(17)18)9-7-8(15)3-4-10(9)14/h3-7H,2H2,1H3,(H,17,18). The van der Waals surface area contributed by atoms with Crippen LogP contribution in [-0.2, 0) is 6.54 Å². The van der Waals surface area contributed by atoms with Gasteiger partial charge in [0.2, 0.25) is 0 Å². The van der Waals surface area contributed by atoms with Crippen LogP contribution in [0.15, 0.2) is 34.8 Å². The first-order valence-electron chi connectivity index (χ1n) is 5.42. The normalized spacial score (nSPS) is 10.6. The molecule has 3 nitrogen and oxygen atoms in total. The molecular weight excluding hydrogens is 318 g/mol. The minimum Gasteiger partial charge on any atom is -0.477 e. The molecule has 0 unspecified atom stereocenters. The van der Waals surface area contributed by atoms with Crippen molar-refractivity contribution in [1.29, 1.82) is 0 Å². The first-order chi connectivity index (χ1) is 8.54. The molecule has 0 aliphatic carbocycles. The number of aromatic nitrogens is 1. The Bertz CT molecular complexity index is 607. The number of benzene rings is 1. The lowest BCUT2D eigenvalue weighted by atomic mass is 10.1. The summed E-state index contributed by atoms with van der Waals surface area (Å²) in [4.78, 5) is 11.1. The number of carboxylic acids is 1. The predicted molar refractivity (Wildman–Crippen MR) is 75.2 cm³/mol. The van der Waals surface area contributed by atoms with Crippen molar-refractivity contribution in [1.82, 2.24) is 4.57 Å². The lowest BCUT2D eigenvalue weighted by molar-refractivity contribution is 0.0685. The second kappa shape index (κ2) is 5.16. The van der Waals surface area contributed by atoms with Crippen molar-refractivity contribution in [3.63, 3.8) is 0 Å². The molecule has 2 aromatic rings. The minimum absolute atomic E-state index is 0.277. The van der Waals surface area contributed by atoms with Gasteiger partial charge in [-0.05, 0) is 37.3 Å². The number of halogens is 2. The third-order valence-electron chi connectivity index (χ3n) is 2.72. The molecule has 18 heavy (non-hydrogen) atoms. The number of aromatic carboxylic acids is 1. The van der Waals surface area contributed by atoms with E-state index in [1.54, 1.807) is 22.8 Å². The highest BCUT2D eigenvalue weighted by Crippen LogP contribution is 2.32. The maximum atomic E-state index is 11.1. The molecule has 0 aliphatic rings. The molecule has 1 N–H and O–H groups in total. The second-order valence-electron chi connectivity index (χ2n) is 3.78. The van der Waals surface area contributed by atoms with Gasteiger partial charge in [0.05, 0.1) is 0 Å². The molecule has 2 rings (SSSR count). The van der Waals surface area contributed by atoms with Crippen LogP contribution in [0.3, 0.4) is 0 Å². The fourth-order valence-corrected chi connectivity index (χ4v) is 2.55. The zero-order chi connectivity index (χ0) is 13.3. The van der Waals surface area contributed by atoms with Crippen molar-refractivity contribution in [2.45, 2.75) is 13.5 Å². The summed E-state index contributed by atoms with van der Waals surface area (Å²) < 4.78 is 2.63. The molecular formula is C13H11BrClNO2. The van der Waals surface area contributed by atoms with Gasteiger partial charge in [0, 0.05) is 27.3 Å². The van der Waals surface area contributed by atoms with Crippen LogP contribution < -0.4 is 0 Å². The zero-order valence-corrected chi connectivity index (χ0v) is 12.0. The summed E-state index contributed by atoms with van der Waals surface area (Å²) >= 11 is 9.44. The third-order valence-corrected chi connectivity index (χ3v) is 3.65. The molecule has 5 heteroatoms. The number of hydrogen-bond acceptors (Lipinski definition) is 1. The van der Waals surface area contributed by atoms with Crippen molar-refractivity contribution >= 4 is 33.5 Å². The SMILES string of the molecule is CCn1c(C(=O)O)ccc1-c1cc(Cl)ccc1Br. The predicted octanol–water partition coefficient (Wildman–Crippen LogP) is 4.29. The maximum Gasteiger partial charge on any atom is 0.352 e. The highest BCUT2D eigenvalue weighted by atomic mass is 79.9. The Labute approximate surface area is 118 Å². The van der Waals surface area contributed by atoms with E-state index in [1.807, 2.05) is 19.1 Å². The molecule has 0 saturated carbocycles. The zero-order valence-electron chi connectivity index (χ0n) is 9.65. The highest BCUT2D eigenvalue weighted by Gasteiger charge is 2.15. The van der Waals surface area contributed by atoms with E-state index in [2.05, 4.69) is 15.9 Å². The summed E-state index contributed by atoms with van der Waals surface area (Å²) in [5.74, 6) is -0.929. The second-order valence-corrected chi connectivity index (χ2v) is 5.07. The largest absolute Gasteiger partial charge is 0.477 e. The molecule has 94 valence electrons. The topological polar surface area (TPSA) is 42.2 Å². The average Bonchev–Trinajstić information content (AvgIpc) is 2.75. The third kappa shape index (κ3) is 2.31. The summed E-state index contributed by atoms with van der Waals surface area (Å²) in [6.07, 6.45) is 0. The molecule has 1 aromatic carbocycles. The Kier molecular flexibility index (Phi) is 3.78. The van der Waals surface area contributed by atoms with Gasteiger partial charge in [-0.3, -0.25) is 0 Å². The van der Waals surface area contributed by atoms with Crippen LogP contribution in [0.25, 0.3) is 11.3 Å². The van der Waals surface area contributed by atoms with Gasteiger partial charge in [0.15, 0.2) is 0 Å². The lowest BCUT2D eigenvalue weighted by Crippen LogP contribution is -2.08. The first kappa shape index (κ1) is 13.2. The summed E-state index contributed by atoms with van der Waals surface area (Å²) in [5, 5.41) is 9.74. The van der Waals surface area contributed by atoms with Crippen LogP contribution in [0, 0.1) is 0 Å². The van der Waals surface area contributed by atoms with Gasteiger partial charge < -0.3 is 9.67 Å². The maximum absolute atomic E-state index is 11.1. The van der Waals surface area contributed by atoms with Crippen molar-refractivity contribution in [2.75, 3.05) is 0 Å². The molecule has 0 bridgehead atoms. The van der Waals surface area contributed by atoms with Gasteiger partial charge in [-0.15, -0.1) is 0 Å². The molecule has 0 fully saturated rings. The van der Waals surface area contributed by atoms with Crippen molar-refractivity contribution in [3.8, 4) is 11.3 Å². The quantitative estimate of drug-likeness (QED) is 0.913. The molecule has 0 aliphatic heterocycles. The van der Waals surface area contributed by atoms with Crippen LogP contribution in [0.1, 0.15) is 17.4 Å². The van der Waals surface area contributed by atoms with Gasteiger partial charge in [0.25, 0.3) is 0 Å². The Morgan fingerprint density at radius 2 is 2.11 bits per heavy atom.